The van der Waals surface area contributed by atoms with Crippen molar-refractivity contribution in [3.05, 3.63) is 71.8 Å². The molecular weight excluding hydrogens is 332 g/mol. The van der Waals surface area contributed by atoms with E-state index in [1.165, 1.54) is 0 Å². The zero-order valence-corrected chi connectivity index (χ0v) is 13.7. The van der Waals surface area contributed by atoms with Crippen LogP contribution >= 0.6 is 23.5 Å². The highest BCUT2D eigenvalue weighted by Gasteiger charge is 2.24. The Morgan fingerprint density at radius 3 is 1.78 bits per heavy atom. The topological polar surface area (TPSA) is 71.4 Å². The van der Waals surface area contributed by atoms with E-state index in [2.05, 4.69) is 0 Å². The molecule has 0 aromatic heterocycles. The van der Waals surface area contributed by atoms with Gasteiger partial charge in [-0.1, -0.05) is 84.2 Å². The first kappa shape index (κ1) is 17.3. The van der Waals surface area contributed by atoms with Crippen LogP contribution in [-0.4, -0.2) is 32.3 Å². The minimum atomic E-state index is -1.10. The molecule has 1 N–H and O–H groups in total. The molecule has 0 amide bonds. The van der Waals surface area contributed by atoms with Crippen LogP contribution in [0.2, 0.25) is 0 Å². The fraction of sp³-hybridized carbons (Fsp3) is 0.118. The van der Waals surface area contributed by atoms with Crippen molar-refractivity contribution < 1.29 is 19.5 Å². The van der Waals surface area contributed by atoms with Crippen LogP contribution in [0.3, 0.4) is 0 Å². The van der Waals surface area contributed by atoms with Crippen LogP contribution in [0.25, 0.3) is 0 Å². The minimum absolute atomic E-state index is 0.0340. The summed E-state index contributed by atoms with van der Waals surface area (Å²) in [6.07, 6.45) is 0. The molecule has 0 heterocycles. The molecule has 0 unspecified atom stereocenters. The Morgan fingerprint density at radius 2 is 1.30 bits per heavy atom. The number of hydrogen-bond acceptors (Lipinski definition) is 5. The molecule has 118 valence electrons. The van der Waals surface area contributed by atoms with Crippen molar-refractivity contribution in [1.82, 2.24) is 0 Å². The highest BCUT2D eigenvalue weighted by Crippen LogP contribution is 2.23. The van der Waals surface area contributed by atoms with Crippen molar-refractivity contribution in [2.45, 2.75) is 5.25 Å². The highest BCUT2D eigenvalue weighted by molar-refractivity contribution is 8.18. The lowest BCUT2D eigenvalue weighted by molar-refractivity contribution is -0.135. The summed E-state index contributed by atoms with van der Waals surface area (Å²) in [6, 6.07) is 17.1. The zero-order chi connectivity index (χ0) is 16.7. The van der Waals surface area contributed by atoms with Crippen LogP contribution in [0.15, 0.2) is 60.7 Å². The molecule has 6 heteroatoms. The summed E-state index contributed by atoms with van der Waals surface area (Å²) in [4.78, 5) is 35.4. The van der Waals surface area contributed by atoms with E-state index in [0.29, 0.717) is 11.1 Å². The zero-order valence-electron chi connectivity index (χ0n) is 12.0. The summed E-state index contributed by atoms with van der Waals surface area (Å²) in [5.41, 5.74) is 0.962. The second-order valence-corrected chi connectivity index (χ2v) is 6.73. The van der Waals surface area contributed by atoms with Crippen LogP contribution < -0.4 is 0 Å². The van der Waals surface area contributed by atoms with E-state index in [4.69, 9.17) is 0 Å². The van der Waals surface area contributed by atoms with Crippen LogP contribution in [0, 0.1) is 0 Å². The normalized spacial score (nSPS) is 11.7. The van der Waals surface area contributed by atoms with Crippen LogP contribution in [0.1, 0.15) is 20.7 Å². The number of thioether (sulfide) groups is 2. The van der Waals surface area contributed by atoms with Gasteiger partial charge in [-0.3, -0.25) is 14.4 Å². The fourth-order valence-corrected chi connectivity index (χ4v) is 3.59. The Balaban J connectivity index is 1.96. The van der Waals surface area contributed by atoms with Gasteiger partial charge in [-0.15, -0.1) is 0 Å². The smallest absolute Gasteiger partial charge is 0.317 e. The molecule has 2 aromatic rings. The van der Waals surface area contributed by atoms with Gasteiger partial charge >= 0.3 is 5.97 Å². The Labute approximate surface area is 142 Å². The fourth-order valence-electron chi connectivity index (χ4n) is 1.74. The van der Waals surface area contributed by atoms with Gasteiger partial charge in [-0.2, -0.15) is 0 Å². The number of rotatable bonds is 6. The summed E-state index contributed by atoms with van der Waals surface area (Å²) in [7, 11) is 0. The molecule has 0 aliphatic carbocycles. The Kier molecular flexibility index (Phi) is 6.43. The number of hydrogen-bond donors (Lipinski definition) is 1. The lowest BCUT2D eigenvalue weighted by Crippen LogP contribution is -2.22. The summed E-state index contributed by atoms with van der Waals surface area (Å²) in [5, 5.41) is 7.76. The predicted molar refractivity (Wildman–Crippen MR) is 93.0 cm³/mol. The molecule has 0 radical (unpaired) electrons. The summed E-state index contributed by atoms with van der Waals surface area (Å²) >= 11 is 1.64. The first-order valence-corrected chi connectivity index (χ1v) is 8.65. The van der Waals surface area contributed by atoms with Crippen molar-refractivity contribution in [3.63, 3.8) is 0 Å². The SMILES string of the molecule is O=C(SC[C@H](SC(=O)c1ccccc1)C(=O)O)c1ccccc1. The van der Waals surface area contributed by atoms with E-state index in [0.717, 1.165) is 23.5 Å². The maximum absolute atomic E-state index is 12.1. The van der Waals surface area contributed by atoms with Crippen molar-refractivity contribution in [2.24, 2.45) is 0 Å². The van der Waals surface area contributed by atoms with E-state index in [-0.39, 0.29) is 16.0 Å². The van der Waals surface area contributed by atoms with E-state index in [9.17, 15) is 19.5 Å². The predicted octanol–water partition coefficient (Wildman–Crippen LogP) is 3.59. The van der Waals surface area contributed by atoms with Gasteiger partial charge in [0, 0.05) is 16.9 Å². The number of aliphatic carboxylic acids is 1. The molecule has 23 heavy (non-hydrogen) atoms. The van der Waals surface area contributed by atoms with Crippen LogP contribution in [-0.2, 0) is 4.79 Å². The molecule has 0 bridgehead atoms. The van der Waals surface area contributed by atoms with E-state index in [1.807, 2.05) is 0 Å². The van der Waals surface area contributed by atoms with Gasteiger partial charge in [0.1, 0.15) is 5.25 Å². The standard InChI is InChI=1S/C17H14O4S2/c18-15(19)14(23-17(21)13-9-5-2-6-10-13)11-22-16(20)12-7-3-1-4-8-12/h1-10,14H,11H2,(H,18,19)/t14-/m0/s1. The van der Waals surface area contributed by atoms with E-state index < -0.39 is 11.2 Å². The first-order chi connectivity index (χ1) is 11.1. The van der Waals surface area contributed by atoms with Gasteiger partial charge in [0.15, 0.2) is 0 Å². The molecule has 2 rings (SSSR count). The van der Waals surface area contributed by atoms with Crippen LogP contribution in [0.4, 0.5) is 0 Å². The van der Waals surface area contributed by atoms with Crippen molar-refractivity contribution in [1.29, 1.82) is 0 Å². The molecule has 0 spiro atoms. The highest BCUT2D eigenvalue weighted by atomic mass is 32.2. The molecule has 0 aliphatic rings. The monoisotopic (exact) mass is 346 g/mol. The lowest BCUT2D eigenvalue weighted by atomic mass is 10.2. The number of benzene rings is 2. The average molecular weight is 346 g/mol. The lowest BCUT2D eigenvalue weighted by Gasteiger charge is -2.10. The Morgan fingerprint density at radius 1 is 0.826 bits per heavy atom. The third-order valence-corrected chi connectivity index (χ3v) is 5.22. The Bertz CT molecular complexity index is 686. The Hall–Kier alpha value is -2.05. The van der Waals surface area contributed by atoms with Gasteiger partial charge in [-0.25, -0.2) is 0 Å². The summed E-state index contributed by atoms with van der Waals surface area (Å²) < 4.78 is 0. The van der Waals surface area contributed by atoms with Crippen LogP contribution in [0.5, 0.6) is 0 Å². The minimum Gasteiger partial charge on any atom is -0.480 e. The molecule has 0 aliphatic heterocycles. The molecule has 2 aromatic carbocycles. The number of carbonyl (C=O) groups excluding carboxylic acids is 2. The summed E-state index contributed by atoms with van der Waals surface area (Å²) in [5.74, 6) is -1.07. The summed E-state index contributed by atoms with van der Waals surface area (Å²) in [6.45, 7) is 0. The molecule has 4 nitrogen and oxygen atoms in total. The molecular formula is C17H14O4S2. The van der Waals surface area contributed by atoms with Gasteiger partial charge in [0.2, 0.25) is 10.2 Å². The second-order valence-electron chi connectivity index (χ2n) is 4.56. The number of carboxylic acid groups (broad SMARTS) is 1. The average Bonchev–Trinajstić information content (AvgIpc) is 2.59. The maximum atomic E-state index is 12.1. The van der Waals surface area contributed by atoms with Crippen molar-refractivity contribution in [3.8, 4) is 0 Å². The molecule has 0 saturated heterocycles. The quantitative estimate of drug-likeness (QED) is 0.862. The van der Waals surface area contributed by atoms with Gasteiger partial charge in [-0.05, 0) is 0 Å². The number of carboxylic acids is 1. The largest absolute Gasteiger partial charge is 0.480 e. The third kappa shape index (κ3) is 5.26. The van der Waals surface area contributed by atoms with Gasteiger partial charge < -0.3 is 5.11 Å². The maximum Gasteiger partial charge on any atom is 0.317 e. The van der Waals surface area contributed by atoms with Gasteiger partial charge in [0.05, 0.1) is 0 Å². The van der Waals surface area contributed by atoms with E-state index >= 15 is 0 Å². The number of carbonyl (C=O) groups is 3. The molecule has 0 fully saturated rings. The molecule has 1 atom stereocenters. The van der Waals surface area contributed by atoms with Crippen molar-refractivity contribution >= 4 is 39.7 Å². The van der Waals surface area contributed by atoms with E-state index in [1.54, 1.807) is 60.7 Å². The molecule has 0 saturated carbocycles. The van der Waals surface area contributed by atoms with Crippen molar-refractivity contribution in [2.75, 3.05) is 5.75 Å². The third-order valence-electron chi connectivity index (χ3n) is 2.91. The van der Waals surface area contributed by atoms with Gasteiger partial charge in [0.25, 0.3) is 0 Å². The second kappa shape index (κ2) is 8.55. The first-order valence-electron chi connectivity index (χ1n) is 6.79.